The van der Waals surface area contributed by atoms with Gasteiger partial charge in [-0.2, -0.15) is 0 Å². The molecule has 1 nitrogen and oxygen atoms in total. The highest BCUT2D eigenvalue weighted by Crippen LogP contribution is 2.26. The zero-order valence-electron chi connectivity index (χ0n) is 4.23. The largest absolute Gasteiger partial charge is 0.328 e. The molecule has 1 fully saturated rings. The van der Waals surface area contributed by atoms with Crippen molar-refractivity contribution in [2.45, 2.75) is 18.9 Å². The summed E-state index contributed by atoms with van der Waals surface area (Å²) in [5, 5.41) is 0. The molecule has 0 aromatic heterocycles. The van der Waals surface area contributed by atoms with Crippen LogP contribution in [0.25, 0.3) is 0 Å². The maximum Gasteiger partial charge on any atom is 0.00446 e. The fraction of sp³-hybridized carbons (Fsp3) is 1.00. The number of alkyl halides is 1. The highest BCUT2D eigenvalue weighted by Gasteiger charge is 2.23. The Morgan fingerprint density at radius 3 is 2.29 bits per heavy atom. The van der Waals surface area contributed by atoms with Crippen LogP contribution in [0.2, 0.25) is 0 Å². The van der Waals surface area contributed by atoms with Gasteiger partial charge in [0.25, 0.3) is 0 Å². The summed E-state index contributed by atoms with van der Waals surface area (Å²) < 4.78 is 1.30. The molecular formula is C5H10IN. The lowest BCUT2D eigenvalue weighted by Gasteiger charge is -2.30. The first kappa shape index (κ1) is 5.82. The van der Waals surface area contributed by atoms with Crippen molar-refractivity contribution >= 4 is 22.6 Å². The fourth-order valence-corrected chi connectivity index (χ4v) is 1.63. The first-order valence-electron chi connectivity index (χ1n) is 2.64. The van der Waals surface area contributed by atoms with E-state index in [0.717, 1.165) is 5.92 Å². The predicted molar refractivity (Wildman–Crippen MR) is 39.6 cm³/mol. The number of rotatable bonds is 1. The van der Waals surface area contributed by atoms with Gasteiger partial charge in [-0.15, -0.1) is 0 Å². The van der Waals surface area contributed by atoms with Gasteiger partial charge in [-0.05, 0) is 18.8 Å². The molecule has 0 atom stereocenters. The maximum atomic E-state index is 5.54. The number of hydrogen-bond acceptors (Lipinski definition) is 1. The molecule has 0 bridgehead atoms. The number of halogens is 1. The molecule has 1 aliphatic rings. The highest BCUT2D eigenvalue weighted by molar-refractivity contribution is 14.1. The van der Waals surface area contributed by atoms with E-state index >= 15 is 0 Å². The Bertz CT molecular complexity index is 59.1. The second-order valence-electron chi connectivity index (χ2n) is 2.25. The van der Waals surface area contributed by atoms with Crippen LogP contribution in [0.15, 0.2) is 0 Å². The van der Waals surface area contributed by atoms with Crippen LogP contribution >= 0.6 is 22.6 Å². The van der Waals surface area contributed by atoms with Gasteiger partial charge in [-0.25, -0.2) is 0 Å². The lowest BCUT2D eigenvalue weighted by Crippen LogP contribution is -2.36. The van der Waals surface area contributed by atoms with Crippen molar-refractivity contribution in [2.75, 3.05) is 4.43 Å². The molecule has 2 heteroatoms. The van der Waals surface area contributed by atoms with Crippen molar-refractivity contribution in [2.24, 2.45) is 11.7 Å². The molecule has 0 spiro atoms. The monoisotopic (exact) mass is 211 g/mol. The summed E-state index contributed by atoms with van der Waals surface area (Å²) in [6.45, 7) is 0. The van der Waals surface area contributed by atoms with Crippen molar-refractivity contribution in [3.8, 4) is 0 Å². The summed E-state index contributed by atoms with van der Waals surface area (Å²) in [6.07, 6.45) is 2.53. The SMILES string of the molecule is NC1CC(CI)C1. The molecular weight excluding hydrogens is 201 g/mol. The summed E-state index contributed by atoms with van der Waals surface area (Å²) in [7, 11) is 0. The molecule has 1 saturated carbocycles. The first-order valence-corrected chi connectivity index (χ1v) is 4.17. The van der Waals surface area contributed by atoms with Gasteiger partial charge in [-0.3, -0.25) is 0 Å². The van der Waals surface area contributed by atoms with Gasteiger partial charge in [0.1, 0.15) is 0 Å². The van der Waals surface area contributed by atoms with E-state index in [2.05, 4.69) is 22.6 Å². The molecule has 0 amide bonds. The Kier molecular flexibility index (Phi) is 1.92. The van der Waals surface area contributed by atoms with E-state index in [1.807, 2.05) is 0 Å². The topological polar surface area (TPSA) is 26.0 Å². The Morgan fingerprint density at radius 2 is 2.14 bits per heavy atom. The van der Waals surface area contributed by atoms with E-state index in [1.54, 1.807) is 0 Å². The van der Waals surface area contributed by atoms with Crippen LogP contribution in [-0.2, 0) is 0 Å². The quantitative estimate of drug-likeness (QED) is 0.511. The summed E-state index contributed by atoms with van der Waals surface area (Å²) in [5.41, 5.74) is 5.54. The molecule has 0 aromatic rings. The predicted octanol–water partition coefficient (Wildman–Crippen LogP) is 1.16. The second-order valence-corrected chi connectivity index (χ2v) is 3.13. The molecule has 0 radical (unpaired) electrons. The van der Waals surface area contributed by atoms with Gasteiger partial charge in [0, 0.05) is 10.5 Å². The molecule has 1 aliphatic carbocycles. The third-order valence-electron chi connectivity index (χ3n) is 1.49. The third kappa shape index (κ3) is 1.29. The van der Waals surface area contributed by atoms with Crippen LogP contribution in [0.3, 0.4) is 0 Å². The third-order valence-corrected chi connectivity index (χ3v) is 2.74. The minimum atomic E-state index is 0.541. The summed E-state index contributed by atoms with van der Waals surface area (Å²) in [4.78, 5) is 0. The summed E-state index contributed by atoms with van der Waals surface area (Å²) in [6, 6.07) is 0.541. The van der Waals surface area contributed by atoms with Gasteiger partial charge in [0.2, 0.25) is 0 Å². The molecule has 7 heavy (non-hydrogen) atoms. The van der Waals surface area contributed by atoms with E-state index in [9.17, 15) is 0 Å². The fourth-order valence-electron chi connectivity index (χ4n) is 0.913. The van der Waals surface area contributed by atoms with Gasteiger partial charge in [-0.1, -0.05) is 22.6 Å². The number of hydrogen-bond donors (Lipinski definition) is 1. The van der Waals surface area contributed by atoms with E-state index in [1.165, 1.54) is 17.3 Å². The molecule has 2 N–H and O–H groups in total. The van der Waals surface area contributed by atoms with E-state index in [0.29, 0.717) is 6.04 Å². The van der Waals surface area contributed by atoms with Gasteiger partial charge in [0.15, 0.2) is 0 Å². The van der Waals surface area contributed by atoms with Crippen LogP contribution in [0.5, 0.6) is 0 Å². The van der Waals surface area contributed by atoms with E-state index in [-0.39, 0.29) is 0 Å². The van der Waals surface area contributed by atoms with E-state index < -0.39 is 0 Å². The molecule has 42 valence electrons. The van der Waals surface area contributed by atoms with Gasteiger partial charge in [0.05, 0.1) is 0 Å². The van der Waals surface area contributed by atoms with Gasteiger partial charge < -0.3 is 5.73 Å². The van der Waals surface area contributed by atoms with Crippen molar-refractivity contribution in [3.63, 3.8) is 0 Å². The smallest absolute Gasteiger partial charge is 0.00446 e. The highest BCUT2D eigenvalue weighted by atomic mass is 127. The summed E-state index contributed by atoms with van der Waals surface area (Å²) >= 11 is 2.42. The molecule has 0 aromatic carbocycles. The van der Waals surface area contributed by atoms with Crippen molar-refractivity contribution in [1.29, 1.82) is 0 Å². The molecule has 0 unspecified atom stereocenters. The minimum Gasteiger partial charge on any atom is -0.328 e. The lowest BCUT2D eigenvalue weighted by molar-refractivity contribution is 0.299. The average molecular weight is 211 g/mol. The standard InChI is InChI=1S/C5H10IN/c6-3-4-1-5(7)2-4/h4-5H,1-3,7H2. The Hall–Kier alpha value is 0.690. The van der Waals surface area contributed by atoms with E-state index in [4.69, 9.17) is 5.73 Å². The van der Waals surface area contributed by atoms with Crippen molar-refractivity contribution < 1.29 is 0 Å². The van der Waals surface area contributed by atoms with Gasteiger partial charge >= 0.3 is 0 Å². The number of nitrogens with two attached hydrogens (primary N) is 1. The van der Waals surface area contributed by atoms with Crippen molar-refractivity contribution in [3.05, 3.63) is 0 Å². The molecule has 0 saturated heterocycles. The van der Waals surface area contributed by atoms with Crippen LogP contribution in [-0.4, -0.2) is 10.5 Å². The normalized spacial score (nSPS) is 40.3. The second kappa shape index (κ2) is 2.31. The molecule has 0 heterocycles. The average Bonchev–Trinajstić information content (AvgIpc) is 1.58. The molecule has 0 aliphatic heterocycles. The van der Waals surface area contributed by atoms with Crippen LogP contribution in [0.1, 0.15) is 12.8 Å². The maximum absolute atomic E-state index is 5.54. The molecule has 1 rings (SSSR count). The van der Waals surface area contributed by atoms with Crippen molar-refractivity contribution in [1.82, 2.24) is 0 Å². The Balaban J connectivity index is 2.06. The lowest BCUT2D eigenvalue weighted by atomic mass is 9.83. The Labute approximate surface area is 57.8 Å². The Morgan fingerprint density at radius 1 is 1.57 bits per heavy atom. The zero-order valence-corrected chi connectivity index (χ0v) is 6.39. The van der Waals surface area contributed by atoms with Crippen LogP contribution in [0.4, 0.5) is 0 Å². The minimum absolute atomic E-state index is 0.541. The summed E-state index contributed by atoms with van der Waals surface area (Å²) in [5.74, 6) is 0.954. The first-order chi connectivity index (χ1) is 3.33. The van der Waals surface area contributed by atoms with Crippen LogP contribution < -0.4 is 5.73 Å². The zero-order chi connectivity index (χ0) is 5.28. The van der Waals surface area contributed by atoms with Crippen LogP contribution in [0, 0.1) is 5.92 Å².